The lowest BCUT2D eigenvalue weighted by Crippen LogP contribution is -2.71. The molecule has 1 aromatic carbocycles. The number of ether oxygens (including phenoxy) is 3. The highest BCUT2D eigenvalue weighted by Gasteiger charge is 2.53. The molecule has 252 valence electrons. The van der Waals surface area contributed by atoms with Gasteiger partial charge in [-0.1, -0.05) is 6.92 Å². The average Bonchev–Trinajstić information content (AvgIpc) is 3.81. The summed E-state index contributed by atoms with van der Waals surface area (Å²) in [5, 5.41) is 3.65. The largest absolute Gasteiger partial charge is 0.472 e. The van der Waals surface area contributed by atoms with E-state index >= 15 is 4.39 Å². The van der Waals surface area contributed by atoms with Crippen LogP contribution in [0.15, 0.2) is 6.07 Å². The highest BCUT2D eigenvalue weighted by Crippen LogP contribution is 2.50. The van der Waals surface area contributed by atoms with Gasteiger partial charge in [0.1, 0.15) is 34.3 Å². The van der Waals surface area contributed by atoms with Crippen molar-refractivity contribution >= 4 is 22.4 Å². The minimum absolute atomic E-state index is 0.0834. The van der Waals surface area contributed by atoms with Gasteiger partial charge in [0.05, 0.1) is 42.7 Å². The van der Waals surface area contributed by atoms with E-state index < -0.39 is 52.0 Å². The lowest BCUT2D eigenvalue weighted by Gasteiger charge is -2.55. The molecule has 4 fully saturated rings. The van der Waals surface area contributed by atoms with E-state index in [0.717, 1.165) is 51.9 Å². The first kappa shape index (κ1) is 30.8. The van der Waals surface area contributed by atoms with E-state index in [-0.39, 0.29) is 40.3 Å². The Kier molecular flexibility index (Phi) is 7.02. The van der Waals surface area contributed by atoms with E-state index in [1.54, 1.807) is 0 Å². The second-order valence-electron chi connectivity index (χ2n) is 13.7. The number of likely N-dealkylation sites (tertiary alicyclic amines) is 1. The van der Waals surface area contributed by atoms with Crippen molar-refractivity contribution in [1.82, 2.24) is 25.2 Å². The molecule has 47 heavy (non-hydrogen) atoms. The summed E-state index contributed by atoms with van der Waals surface area (Å²) in [5.74, 6) is -2.13. The fraction of sp³-hybridized carbons (Fsp3) is 0.594. The first-order chi connectivity index (χ1) is 22.4. The van der Waals surface area contributed by atoms with Gasteiger partial charge in [-0.2, -0.15) is 23.1 Å². The van der Waals surface area contributed by atoms with Crippen LogP contribution in [0.4, 0.5) is 33.5 Å². The number of hydrogen-bond acceptors (Lipinski definition) is 10. The number of halogens is 5. The molecule has 0 spiro atoms. The number of piperazine rings is 1. The highest BCUT2D eigenvalue weighted by atomic mass is 19.4. The van der Waals surface area contributed by atoms with E-state index in [0.29, 0.717) is 37.7 Å². The number of aromatic nitrogens is 3. The van der Waals surface area contributed by atoms with Crippen molar-refractivity contribution < 1.29 is 36.2 Å². The Morgan fingerprint density at radius 3 is 2.55 bits per heavy atom. The topological polar surface area (TPSA) is 111 Å². The van der Waals surface area contributed by atoms with Gasteiger partial charge in [0.25, 0.3) is 0 Å². The van der Waals surface area contributed by atoms with E-state index in [9.17, 15) is 17.6 Å². The Balaban J connectivity index is 1.26. The van der Waals surface area contributed by atoms with Gasteiger partial charge >= 0.3 is 12.2 Å². The van der Waals surface area contributed by atoms with Crippen LogP contribution < -0.4 is 25.4 Å². The number of nitrogens with one attached hydrogen (secondary N) is 1. The van der Waals surface area contributed by atoms with Crippen LogP contribution in [-0.2, 0) is 10.9 Å². The molecule has 0 bridgehead atoms. The first-order valence-electron chi connectivity index (χ1n) is 16.1. The van der Waals surface area contributed by atoms with Crippen LogP contribution in [-0.4, -0.2) is 89.6 Å². The van der Waals surface area contributed by atoms with Crippen molar-refractivity contribution in [2.45, 2.75) is 76.5 Å². The summed E-state index contributed by atoms with van der Waals surface area (Å²) in [7, 11) is 0. The van der Waals surface area contributed by atoms with Crippen molar-refractivity contribution in [3.05, 3.63) is 28.8 Å². The number of morpholine rings is 1. The normalized spacial score (nSPS) is 27.7. The van der Waals surface area contributed by atoms with Crippen molar-refractivity contribution in [3.8, 4) is 23.1 Å². The number of fused-ring (bicyclic) bond motifs is 3. The molecule has 2 aromatic heterocycles. The minimum atomic E-state index is -5.04. The van der Waals surface area contributed by atoms with Crippen LogP contribution in [0.1, 0.15) is 44.2 Å². The maximum absolute atomic E-state index is 16.8. The van der Waals surface area contributed by atoms with E-state index in [4.69, 9.17) is 24.9 Å². The maximum Gasteiger partial charge on any atom is 0.417 e. The maximum atomic E-state index is 16.8. The zero-order valence-corrected chi connectivity index (χ0v) is 26.3. The second kappa shape index (κ2) is 10.7. The summed E-state index contributed by atoms with van der Waals surface area (Å²) in [6, 6.07) is 0.979. The number of benzene rings is 1. The Hall–Kier alpha value is -3.56. The third kappa shape index (κ3) is 4.95. The lowest BCUT2D eigenvalue weighted by molar-refractivity contribution is -0.218. The molecule has 3 saturated heterocycles. The van der Waals surface area contributed by atoms with Crippen molar-refractivity contribution in [2.24, 2.45) is 5.41 Å². The predicted molar refractivity (Wildman–Crippen MR) is 162 cm³/mol. The Morgan fingerprint density at radius 2 is 1.91 bits per heavy atom. The van der Waals surface area contributed by atoms with Crippen LogP contribution in [0.2, 0.25) is 0 Å². The zero-order valence-electron chi connectivity index (χ0n) is 26.3. The van der Waals surface area contributed by atoms with Crippen molar-refractivity contribution in [3.63, 3.8) is 0 Å². The SMILES string of the molecule is CC[C@@H]1CN2c3nc(OCC4(CN5CC6OC[C@H]65)CC4)nc4c(F)c(-c5cc(N)c(F)c(C)c5C(F)(F)F)nc(c34)O[C@@H](C)[C@@H]2CN1. The van der Waals surface area contributed by atoms with Gasteiger partial charge < -0.3 is 30.2 Å². The third-order valence-corrected chi connectivity index (χ3v) is 10.6. The van der Waals surface area contributed by atoms with Gasteiger partial charge in [-0.05, 0) is 44.7 Å². The molecule has 0 radical (unpaired) electrons. The molecule has 5 aliphatic rings. The standard InChI is InChI=1S/C32H36F5N7O3/c1-4-16-9-44-19(8-39-16)15(3)47-29-22-27(25(34)26(40-29)17-7-18(38)24(33)14(2)23(17)32(35,36)37)41-30(42-28(22)44)46-13-31(5-6-31)12-43-10-21-20(43)11-45-21/h7,15-16,19-21,39H,4-6,8-13,38H2,1-3H3/t15-,16+,19-,20+,21?/m0/s1. The second-order valence-corrected chi connectivity index (χ2v) is 13.7. The molecule has 5 atom stereocenters. The van der Waals surface area contributed by atoms with Crippen LogP contribution in [0, 0.1) is 24.0 Å². The number of nitrogen functional groups attached to an aromatic ring is 1. The molecule has 6 heterocycles. The molecule has 1 aliphatic carbocycles. The van der Waals surface area contributed by atoms with Crippen LogP contribution in [0.25, 0.3) is 22.2 Å². The fourth-order valence-corrected chi connectivity index (χ4v) is 7.45. The molecule has 1 saturated carbocycles. The van der Waals surface area contributed by atoms with Gasteiger partial charge in [0, 0.05) is 43.2 Å². The lowest BCUT2D eigenvalue weighted by atomic mass is 9.92. The molecule has 8 rings (SSSR count). The Labute approximate surface area is 267 Å². The molecule has 0 amide bonds. The summed E-state index contributed by atoms with van der Waals surface area (Å²) in [6.07, 6.45) is -2.49. The first-order valence-corrected chi connectivity index (χ1v) is 16.1. The molecule has 15 heteroatoms. The number of hydrogen-bond donors (Lipinski definition) is 2. The molecule has 1 unspecified atom stereocenters. The summed E-state index contributed by atoms with van der Waals surface area (Å²) in [6.45, 7) is 8.67. The number of rotatable bonds is 7. The number of pyridine rings is 1. The van der Waals surface area contributed by atoms with Gasteiger partial charge in [0.15, 0.2) is 5.82 Å². The molecule has 3 aromatic rings. The van der Waals surface area contributed by atoms with Gasteiger partial charge in [-0.3, -0.25) is 4.90 Å². The number of alkyl halides is 3. The number of nitrogens with zero attached hydrogens (tertiary/aromatic N) is 5. The van der Waals surface area contributed by atoms with Crippen LogP contribution in [0.5, 0.6) is 11.9 Å². The number of nitrogens with two attached hydrogens (primary N) is 1. The van der Waals surface area contributed by atoms with Crippen LogP contribution >= 0.6 is 0 Å². The number of anilines is 2. The Bertz CT molecular complexity index is 1770. The Morgan fingerprint density at radius 1 is 1.13 bits per heavy atom. The molecular formula is C32H36F5N7O3. The van der Waals surface area contributed by atoms with Crippen LogP contribution in [0.3, 0.4) is 0 Å². The smallest absolute Gasteiger partial charge is 0.417 e. The monoisotopic (exact) mass is 661 g/mol. The molecule has 3 N–H and O–H groups in total. The zero-order chi connectivity index (χ0) is 33.0. The van der Waals surface area contributed by atoms with E-state index in [1.165, 1.54) is 0 Å². The van der Waals surface area contributed by atoms with E-state index in [2.05, 4.69) is 27.1 Å². The van der Waals surface area contributed by atoms with Gasteiger partial charge in [-0.15, -0.1) is 0 Å². The van der Waals surface area contributed by atoms with Gasteiger partial charge in [-0.25, -0.2) is 13.8 Å². The predicted octanol–water partition coefficient (Wildman–Crippen LogP) is 4.46. The highest BCUT2D eigenvalue weighted by molar-refractivity contribution is 5.97. The average molecular weight is 662 g/mol. The fourth-order valence-electron chi connectivity index (χ4n) is 7.45. The molecule has 4 aliphatic heterocycles. The van der Waals surface area contributed by atoms with E-state index in [1.807, 2.05) is 11.8 Å². The van der Waals surface area contributed by atoms with Gasteiger partial charge in [0.2, 0.25) is 5.88 Å². The summed E-state index contributed by atoms with van der Waals surface area (Å²) in [5.41, 5.74) is 1.30. The summed E-state index contributed by atoms with van der Waals surface area (Å²) in [4.78, 5) is 18.0. The van der Waals surface area contributed by atoms with Crippen molar-refractivity contribution in [2.75, 3.05) is 50.0 Å². The molecule has 10 nitrogen and oxygen atoms in total. The summed E-state index contributed by atoms with van der Waals surface area (Å²) >= 11 is 0. The third-order valence-electron chi connectivity index (χ3n) is 10.6. The molecular weight excluding hydrogens is 625 g/mol. The quantitative estimate of drug-likeness (QED) is 0.278. The summed E-state index contributed by atoms with van der Waals surface area (Å²) < 4.78 is 92.7. The minimum Gasteiger partial charge on any atom is -0.472 e. The van der Waals surface area contributed by atoms with Crippen molar-refractivity contribution in [1.29, 1.82) is 0 Å².